The normalized spacial score (nSPS) is 11.3. The van der Waals surface area contributed by atoms with Crippen molar-refractivity contribution in [2.45, 2.75) is 38.9 Å². The van der Waals surface area contributed by atoms with Gasteiger partial charge in [0.1, 0.15) is 0 Å². The molecule has 136 valence electrons. The van der Waals surface area contributed by atoms with Crippen LogP contribution in [0.4, 0.5) is 0 Å². The first-order valence-electron chi connectivity index (χ1n) is 8.54. The lowest BCUT2D eigenvalue weighted by atomic mass is 10.2. The van der Waals surface area contributed by atoms with Gasteiger partial charge in [-0.25, -0.2) is 0 Å². The molecular weight excluding hydrogens is 346 g/mol. The van der Waals surface area contributed by atoms with Crippen molar-refractivity contribution >= 4 is 17.5 Å². The van der Waals surface area contributed by atoms with Crippen molar-refractivity contribution in [2.75, 3.05) is 5.75 Å². The van der Waals surface area contributed by atoms with Crippen LogP contribution in [0.5, 0.6) is 0 Å². The van der Waals surface area contributed by atoms with Gasteiger partial charge in [-0.3, -0.25) is 9.78 Å². The number of ketones is 1. The topological polar surface area (TPSA) is 65.6 Å². The zero-order chi connectivity index (χ0) is 18.8. The third-order valence-corrected chi connectivity index (χ3v) is 5.41. The molecular formula is C19H23N5OS. The molecule has 3 aromatic heterocycles. The van der Waals surface area contributed by atoms with Crippen LogP contribution >= 0.6 is 11.8 Å². The number of nitrogens with zero attached hydrogens (tertiary/aromatic N) is 5. The zero-order valence-corrected chi connectivity index (χ0v) is 16.5. The molecule has 0 aliphatic carbocycles. The quantitative estimate of drug-likeness (QED) is 0.488. The lowest BCUT2D eigenvalue weighted by molar-refractivity contribution is 0.102. The minimum absolute atomic E-state index is 0.112. The van der Waals surface area contributed by atoms with Gasteiger partial charge in [-0.05, 0) is 45.9 Å². The molecule has 0 aliphatic heterocycles. The van der Waals surface area contributed by atoms with Gasteiger partial charge >= 0.3 is 0 Å². The summed E-state index contributed by atoms with van der Waals surface area (Å²) in [6.45, 7) is 8.30. The Morgan fingerprint density at radius 2 is 2.04 bits per heavy atom. The molecule has 0 aromatic carbocycles. The van der Waals surface area contributed by atoms with Crippen LogP contribution in [0.25, 0.3) is 11.4 Å². The Morgan fingerprint density at radius 3 is 2.65 bits per heavy atom. The van der Waals surface area contributed by atoms with Gasteiger partial charge in [0.2, 0.25) is 0 Å². The molecule has 0 atom stereocenters. The van der Waals surface area contributed by atoms with E-state index in [0.29, 0.717) is 11.8 Å². The van der Waals surface area contributed by atoms with E-state index in [1.807, 2.05) is 43.7 Å². The highest BCUT2D eigenvalue weighted by atomic mass is 32.2. The minimum Gasteiger partial charge on any atom is -0.346 e. The zero-order valence-electron chi connectivity index (χ0n) is 15.7. The number of hydrogen-bond donors (Lipinski definition) is 0. The molecule has 0 fully saturated rings. The highest BCUT2D eigenvalue weighted by Crippen LogP contribution is 2.25. The molecule has 26 heavy (non-hydrogen) atoms. The monoisotopic (exact) mass is 369 g/mol. The Labute approximate surface area is 157 Å². The third-order valence-electron chi connectivity index (χ3n) is 4.39. The second kappa shape index (κ2) is 7.45. The SMILES string of the molecule is Cc1cc(C(=O)CSc2nnc(-c3cccnc3)n2C)c(C)n1C(C)C. The first-order chi connectivity index (χ1) is 12.4. The van der Waals surface area contributed by atoms with E-state index in [-0.39, 0.29) is 5.78 Å². The molecule has 0 spiro atoms. The Hall–Kier alpha value is -2.41. The molecule has 0 N–H and O–H groups in total. The van der Waals surface area contributed by atoms with Gasteiger partial charge in [0.05, 0.1) is 5.75 Å². The third kappa shape index (κ3) is 3.44. The first kappa shape index (κ1) is 18.4. The molecule has 0 aliphatic rings. The lowest BCUT2D eigenvalue weighted by Gasteiger charge is -2.13. The van der Waals surface area contributed by atoms with Crippen molar-refractivity contribution in [1.82, 2.24) is 24.3 Å². The van der Waals surface area contributed by atoms with E-state index in [1.165, 1.54) is 11.8 Å². The van der Waals surface area contributed by atoms with E-state index in [0.717, 1.165) is 33.5 Å². The average molecular weight is 369 g/mol. The van der Waals surface area contributed by atoms with E-state index in [2.05, 4.69) is 33.6 Å². The van der Waals surface area contributed by atoms with E-state index in [1.54, 1.807) is 12.4 Å². The number of hydrogen-bond acceptors (Lipinski definition) is 5. The Morgan fingerprint density at radius 1 is 1.27 bits per heavy atom. The Balaban J connectivity index is 1.75. The average Bonchev–Trinajstić information content (AvgIpc) is 3.13. The summed E-state index contributed by atoms with van der Waals surface area (Å²) in [6.07, 6.45) is 3.48. The Bertz CT molecular complexity index is 927. The number of aryl methyl sites for hydroxylation is 1. The van der Waals surface area contributed by atoms with Crippen LogP contribution in [0.3, 0.4) is 0 Å². The van der Waals surface area contributed by atoms with Gasteiger partial charge in [-0.15, -0.1) is 10.2 Å². The number of rotatable bonds is 6. The second-order valence-corrected chi connectivity index (χ2v) is 7.51. The summed E-state index contributed by atoms with van der Waals surface area (Å²) in [5.41, 5.74) is 3.83. The van der Waals surface area contributed by atoms with E-state index in [4.69, 9.17) is 0 Å². The van der Waals surface area contributed by atoms with E-state index in [9.17, 15) is 4.79 Å². The maximum atomic E-state index is 12.7. The summed E-state index contributed by atoms with van der Waals surface area (Å²) >= 11 is 1.41. The number of aromatic nitrogens is 5. The molecule has 6 nitrogen and oxygen atoms in total. The first-order valence-corrected chi connectivity index (χ1v) is 9.53. The summed E-state index contributed by atoms with van der Waals surface area (Å²) in [5, 5.41) is 9.17. The molecule has 0 radical (unpaired) electrons. The fourth-order valence-electron chi connectivity index (χ4n) is 3.25. The summed E-state index contributed by atoms with van der Waals surface area (Å²) in [4.78, 5) is 16.8. The molecule has 7 heteroatoms. The molecule has 0 unspecified atom stereocenters. The van der Waals surface area contributed by atoms with Crippen LogP contribution in [-0.4, -0.2) is 35.9 Å². The molecule has 3 rings (SSSR count). The maximum Gasteiger partial charge on any atom is 0.191 e. The minimum atomic E-state index is 0.112. The van der Waals surface area contributed by atoms with Crippen LogP contribution in [0.1, 0.15) is 41.6 Å². The fourth-order valence-corrected chi connectivity index (χ4v) is 4.04. The number of carbonyl (C=O) groups is 1. The van der Waals surface area contributed by atoms with Gasteiger partial charge in [0, 0.05) is 48.0 Å². The number of pyridine rings is 1. The van der Waals surface area contributed by atoms with Crippen molar-refractivity contribution in [2.24, 2.45) is 7.05 Å². The van der Waals surface area contributed by atoms with Crippen LogP contribution in [0, 0.1) is 13.8 Å². The summed E-state index contributed by atoms with van der Waals surface area (Å²) in [7, 11) is 1.90. The largest absolute Gasteiger partial charge is 0.346 e. The molecule has 3 heterocycles. The highest BCUT2D eigenvalue weighted by Gasteiger charge is 2.19. The molecule has 0 saturated carbocycles. The lowest BCUT2D eigenvalue weighted by Crippen LogP contribution is -2.08. The fraction of sp³-hybridized carbons (Fsp3) is 0.368. The van der Waals surface area contributed by atoms with Crippen LogP contribution in [0.2, 0.25) is 0 Å². The van der Waals surface area contributed by atoms with Crippen LogP contribution in [0.15, 0.2) is 35.7 Å². The summed E-state index contributed by atoms with van der Waals surface area (Å²) < 4.78 is 4.09. The number of Topliss-reactive ketones (excluding diaryl/α,β-unsaturated/α-hetero) is 1. The van der Waals surface area contributed by atoms with Crippen molar-refractivity contribution < 1.29 is 4.79 Å². The van der Waals surface area contributed by atoms with Crippen molar-refractivity contribution in [3.05, 3.63) is 47.5 Å². The van der Waals surface area contributed by atoms with Crippen molar-refractivity contribution in [1.29, 1.82) is 0 Å². The predicted molar refractivity (Wildman–Crippen MR) is 104 cm³/mol. The molecule has 0 saturated heterocycles. The van der Waals surface area contributed by atoms with E-state index < -0.39 is 0 Å². The van der Waals surface area contributed by atoms with Crippen molar-refractivity contribution in [3.63, 3.8) is 0 Å². The van der Waals surface area contributed by atoms with Gasteiger partial charge in [0.15, 0.2) is 16.8 Å². The van der Waals surface area contributed by atoms with Gasteiger partial charge in [-0.2, -0.15) is 0 Å². The van der Waals surface area contributed by atoms with Crippen LogP contribution in [-0.2, 0) is 7.05 Å². The Kier molecular flexibility index (Phi) is 5.27. The molecule has 3 aromatic rings. The smallest absolute Gasteiger partial charge is 0.191 e. The van der Waals surface area contributed by atoms with Crippen molar-refractivity contribution in [3.8, 4) is 11.4 Å². The number of carbonyl (C=O) groups excluding carboxylic acids is 1. The summed E-state index contributed by atoms with van der Waals surface area (Å²) in [5.74, 6) is 1.19. The standard InChI is InChI=1S/C19H23N5OS/c1-12(2)24-13(3)9-16(14(24)4)17(25)11-26-19-22-21-18(23(19)5)15-7-6-8-20-10-15/h6-10,12H,11H2,1-5H3. The van der Waals surface area contributed by atoms with Crippen LogP contribution < -0.4 is 0 Å². The second-order valence-electron chi connectivity index (χ2n) is 6.57. The van der Waals surface area contributed by atoms with E-state index >= 15 is 0 Å². The van der Waals surface area contributed by atoms with Gasteiger partial charge in [-0.1, -0.05) is 11.8 Å². The maximum absolute atomic E-state index is 12.7. The molecule has 0 bridgehead atoms. The number of thioether (sulfide) groups is 1. The predicted octanol–water partition coefficient (Wildman–Crippen LogP) is 3.85. The highest BCUT2D eigenvalue weighted by molar-refractivity contribution is 7.99. The van der Waals surface area contributed by atoms with Gasteiger partial charge < -0.3 is 9.13 Å². The summed E-state index contributed by atoms with van der Waals surface area (Å²) in [6, 6.07) is 6.13. The van der Waals surface area contributed by atoms with Gasteiger partial charge in [0.25, 0.3) is 0 Å². The molecule has 0 amide bonds.